The first-order valence-electron chi connectivity index (χ1n) is 6.63. The van der Waals surface area contributed by atoms with Crippen molar-refractivity contribution in [2.24, 2.45) is 7.05 Å². The number of amides is 1. The van der Waals surface area contributed by atoms with E-state index >= 15 is 0 Å². The lowest BCUT2D eigenvalue weighted by molar-refractivity contribution is -0.120. The van der Waals surface area contributed by atoms with E-state index < -0.39 is 0 Å². The summed E-state index contributed by atoms with van der Waals surface area (Å²) in [6, 6.07) is 0.217. The predicted molar refractivity (Wildman–Crippen MR) is 71.6 cm³/mol. The molecule has 100 valence electrons. The Labute approximate surface area is 108 Å². The predicted octanol–water partition coefficient (Wildman–Crippen LogP) is 1.62. The first-order valence-corrected chi connectivity index (χ1v) is 6.63. The molecule has 2 rings (SSSR count). The molecule has 0 aliphatic carbocycles. The molecule has 1 fully saturated rings. The zero-order chi connectivity index (χ0) is 13.1. The number of hydrogen-bond donors (Lipinski definition) is 2. The van der Waals surface area contributed by atoms with Gasteiger partial charge in [-0.15, -0.1) is 0 Å². The number of aromatic nitrogens is 2. The maximum atomic E-state index is 11.5. The number of rotatable bonds is 3. The second-order valence-corrected chi connectivity index (χ2v) is 5.29. The fourth-order valence-corrected chi connectivity index (χ4v) is 2.36. The summed E-state index contributed by atoms with van der Waals surface area (Å²) in [5, 5.41) is 10.9. The third-order valence-corrected chi connectivity index (χ3v) is 3.25. The van der Waals surface area contributed by atoms with Crippen LogP contribution in [0.5, 0.6) is 0 Å². The molecule has 1 saturated heterocycles. The van der Waals surface area contributed by atoms with Crippen molar-refractivity contribution in [3.63, 3.8) is 0 Å². The van der Waals surface area contributed by atoms with Gasteiger partial charge in [0.1, 0.15) is 0 Å². The number of anilines is 1. The van der Waals surface area contributed by atoms with E-state index in [2.05, 4.69) is 29.6 Å². The van der Waals surface area contributed by atoms with Gasteiger partial charge in [-0.05, 0) is 18.8 Å². The highest BCUT2D eigenvalue weighted by Crippen LogP contribution is 2.24. The van der Waals surface area contributed by atoms with Gasteiger partial charge < -0.3 is 10.6 Å². The van der Waals surface area contributed by atoms with Crippen LogP contribution >= 0.6 is 0 Å². The van der Waals surface area contributed by atoms with Crippen molar-refractivity contribution in [3.05, 3.63) is 11.9 Å². The average Bonchev–Trinajstić information content (AvgIpc) is 2.52. The molecule has 2 N–H and O–H groups in total. The van der Waals surface area contributed by atoms with Gasteiger partial charge >= 0.3 is 0 Å². The van der Waals surface area contributed by atoms with Crippen LogP contribution in [0.1, 0.15) is 44.7 Å². The zero-order valence-corrected chi connectivity index (χ0v) is 11.4. The first-order chi connectivity index (χ1) is 8.56. The Morgan fingerprint density at radius 3 is 3.06 bits per heavy atom. The fraction of sp³-hybridized carbons (Fsp3) is 0.692. The van der Waals surface area contributed by atoms with Gasteiger partial charge in [0.2, 0.25) is 5.91 Å². The Hall–Kier alpha value is -1.52. The Kier molecular flexibility index (Phi) is 3.89. The number of carbonyl (C=O) groups is 1. The molecule has 18 heavy (non-hydrogen) atoms. The van der Waals surface area contributed by atoms with Crippen LogP contribution in [0.3, 0.4) is 0 Å². The van der Waals surface area contributed by atoms with E-state index in [9.17, 15) is 4.79 Å². The third-order valence-electron chi connectivity index (χ3n) is 3.25. The number of aryl methyl sites for hydroxylation is 1. The quantitative estimate of drug-likeness (QED) is 0.857. The minimum atomic E-state index is 0.139. The van der Waals surface area contributed by atoms with E-state index in [4.69, 9.17) is 0 Å². The van der Waals surface area contributed by atoms with Gasteiger partial charge in [-0.2, -0.15) is 5.10 Å². The van der Waals surface area contributed by atoms with Crippen molar-refractivity contribution in [1.29, 1.82) is 0 Å². The van der Waals surface area contributed by atoms with Crippen LogP contribution in [0.15, 0.2) is 6.20 Å². The zero-order valence-electron chi connectivity index (χ0n) is 11.4. The Morgan fingerprint density at radius 2 is 2.33 bits per heavy atom. The molecule has 0 aromatic carbocycles. The Bertz CT molecular complexity index is 425. The minimum absolute atomic E-state index is 0.139. The van der Waals surface area contributed by atoms with E-state index in [0.29, 0.717) is 12.3 Å². The second kappa shape index (κ2) is 5.42. The minimum Gasteiger partial charge on any atom is -0.379 e. The Morgan fingerprint density at radius 1 is 1.56 bits per heavy atom. The highest BCUT2D eigenvalue weighted by atomic mass is 16.1. The van der Waals surface area contributed by atoms with Crippen LogP contribution in [-0.2, 0) is 11.8 Å². The summed E-state index contributed by atoms with van der Waals surface area (Å²) in [7, 11) is 1.93. The molecule has 5 nitrogen and oxygen atoms in total. The number of nitrogens with one attached hydrogen (secondary N) is 2. The molecular weight excluding hydrogens is 228 g/mol. The van der Waals surface area contributed by atoms with E-state index in [1.807, 2.05) is 17.9 Å². The van der Waals surface area contributed by atoms with Crippen molar-refractivity contribution >= 4 is 11.6 Å². The molecule has 1 aromatic heterocycles. The number of carbonyl (C=O) groups excluding carboxylic acids is 1. The molecule has 0 radical (unpaired) electrons. The average molecular weight is 250 g/mol. The second-order valence-electron chi connectivity index (χ2n) is 5.29. The summed E-state index contributed by atoms with van der Waals surface area (Å²) in [6.45, 7) is 5.06. The van der Waals surface area contributed by atoms with Crippen LogP contribution in [-0.4, -0.2) is 28.3 Å². The largest absolute Gasteiger partial charge is 0.379 e. The van der Waals surface area contributed by atoms with Crippen LogP contribution in [0.25, 0.3) is 0 Å². The van der Waals surface area contributed by atoms with Crippen molar-refractivity contribution in [1.82, 2.24) is 15.1 Å². The SMILES string of the molecule is CC(C)c1nn(C)cc1NC1CCCNC(=O)C1. The molecule has 1 amide bonds. The van der Waals surface area contributed by atoms with Crippen molar-refractivity contribution in [2.75, 3.05) is 11.9 Å². The van der Waals surface area contributed by atoms with E-state index in [1.54, 1.807) is 0 Å². The van der Waals surface area contributed by atoms with Crippen LogP contribution in [0, 0.1) is 0 Å². The molecule has 1 aliphatic rings. The maximum Gasteiger partial charge on any atom is 0.222 e. The van der Waals surface area contributed by atoms with Gasteiger partial charge in [0.15, 0.2) is 0 Å². The smallest absolute Gasteiger partial charge is 0.222 e. The van der Waals surface area contributed by atoms with Crippen molar-refractivity contribution < 1.29 is 4.79 Å². The standard InChI is InChI=1S/C13H22N4O/c1-9(2)13-11(8-17(3)16-13)15-10-5-4-6-14-12(18)7-10/h8-10,15H,4-7H2,1-3H3,(H,14,18). The normalized spacial score (nSPS) is 20.7. The van der Waals surface area contributed by atoms with Crippen molar-refractivity contribution in [2.45, 2.75) is 45.1 Å². The lowest BCUT2D eigenvalue weighted by Gasteiger charge is -2.17. The number of nitrogens with zero attached hydrogens (tertiary/aromatic N) is 2. The molecule has 1 aliphatic heterocycles. The van der Waals surface area contributed by atoms with E-state index in [-0.39, 0.29) is 11.9 Å². The van der Waals surface area contributed by atoms with Crippen molar-refractivity contribution in [3.8, 4) is 0 Å². The van der Waals surface area contributed by atoms with Crippen LogP contribution in [0.2, 0.25) is 0 Å². The molecule has 0 saturated carbocycles. The third kappa shape index (κ3) is 3.03. The summed E-state index contributed by atoms with van der Waals surface area (Å²) in [5.74, 6) is 0.522. The molecule has 1 unspecified atom stereocenters. The maximum absolute atomic E-state index is 11.5. The molecule has 1 aromatic rings. The summed E-state index contributed by atoms with van der Waals surface area (Å²) in [6.07, 6.45) is 4.59. The van der Waals surface area contributed by atoms with E-state index in [1.165, 1.54) is 0 Å². The summed E-state index contributed by atoms with van der Waals surface area (Å²) in [5.41, 5.74) is 2.13. The number of hydrogen-bond acceptors (Lipinski definition) is 3. The highest BCUT2D eigenvalue weighted by molar-refractivity contribution is 5.77. The van der Waals surface area contributed by atoms with Crippen LogP contribution in [0.4, 0.5) is 5.69 Å². The molecular formula is C13H22N4O. The fourth-order valence-electron chi connectivity index (χ4n) is 2.36. The van der Waals surface area contributed by atoms with Gasteiger partial charge in [0, 0.05) is 32.3 Å². The monoisotopic (exact) mass is 250 g/mol. The van der Waals surface area contributed by atoms with Crippen LogP contribution < -0.4 is 10.6 Å². The van der Waals surface area contributed by atoms with Gasteiger partial charge in [0.05, 0.1) is 11.4 Å². The van der Waals surface area contributed by atoms with Gasteiger partial charge in [-0.3, -0.25) is 9.48 Å². The van der Waals surface area contributed by atoms with Gasteiger partial charge in [-0.25, -0.2) is 0 Å². The summed E-state index contributed by atoms with van der Waals surface area (Å²) in [4.78, 5) is 11.5. The highest BCUT2D eigenvalue weighted by Gasteiger charge is 2.20. The molecule has 0 bridgehead atoms. The van der Waals surface area contributed by atoms with E-state index in [0.717, 1.165) is 30.8 Å². The first kappa shape index (κ1) is 12.9. The summed E-state index contributed by atoms with van der Waals surface area (Å²) < 4.78 is 1.83. The molecule has 2 heterocycles. The lowest BCUT2D eigenvalue weighted by atomic mass is 10.1. The van der Waals surface area contributed by atoms with Gasteiger partial charge in [-0.1, -0.05) is 13.8 Å². The molecule has 5 heteroatoms. The Balaban J connectivity index is 2.10. The van der Waals surface area contributed by atoms with Gasteiger partial charge in [0.25, 0.3) is 0 Å². The lowest BCUT2D eigenvalue weighted by Crippen LogP contribution is -2.27. The molecule has 1 atom stereocenters. The molecule has 0 spiro atoms. The summed E-state index contributed by atoms with van der Waals surface area (Å²) >= 11 is 0. The topological polar surface area (TPSA) is 59.0 Å².